The standard InChI is InChI=1S/C30H15N2O2.C11H8N.Ir/c31-17-19-12-14-23-22-7-5-8-24(25-9-3-4-15-32-25)29(22)34-30(23)28(19)18-11-13-21-20-6-1-2-10-26(20)33-27(21)16-18;1-2-6-10(7-3-1)11-8-4-5-9-12-11;/h1-7,9-16H;1-6,8-9H;/q2*-1;. The Bertz CT molecular complexity index is 2500. The first kappa shape index (κ1) is 29.8. The van der Waals surface area contributed by atoms with Crippen molar-refractivity contribution in [3.05, 3.63) is 157 Å². The number of nitrogens with zero attached hydrogens (tertiary/aromatic N) is 3. The molecule has 47 heavy (non-hydrogen) atoms. The molecule has 225 valence electrons. The van der Waals surface area contributed by atoms with Gasteiger partial charge in [0.05, 0.1) is 17.2 Å². The number of hydrogen-bond donors (Lipinski definition) is 0. The Morgan fingerprint density at radius 1 is 0.574 bits per heavy atom. The summed E-state index contributed by atoms with van der Waals surface area (Å²) in [5.41, 5.74) is 8.76. The zero-order chi connectivity index (χ0) is 30.9. The first-order chi connectivity index (χ1) is 22.8. The maximum absolute atomic E-state index is 9.94. The Kier molecular flexibility index (Phi) is 8.16. The molecule has 0 saturated heterocycles. The molecule has 0 amide bonds. The SMILES string of the molecule is N#Cc1ccc2c(oc3c(-c4ccccn4)[c-]ccc32)c1-c1ccc2c(c1)oc1ccccc12.[Ir].[c-]1ccccc1-c1ccccn1. The van der Waals surface area contributed by atoms with Crippen molar-refractivity contribution in [2.75, 3.05) is 0 Å². The molecule has 0 aliphatic heterocycles. The molecule has 6 heteroatoms. The van der Waals surface area contributed by atoms with Crippen LogP contribution < -0.4 is 0 Å². The zero-order valence-corrected chi connectivity index (χ0v) is 27.2. The smallest absolute Gasteiger partial charge is 0.136 e. The molecule has 0 unspecified atom stereocenters. The van der Waals surface area contributed by atoms with Gasteiger partial charge in [-0.25, -0.2) is 0 Å². The summed E-state index contributed by atoms with van der Waals surface area (Å²) < 4.78 is 12.6. The van der Waals surface area contributed by atoms with Crippen molar-refractivity contribution in [3.63, 3.8) is 0 Å². The van der Waals surface area contributed by atoms with Crippen LogP contribution in [0.3, 0.4) is 0 Å². The molecule has 4 aromatic heterocycles. The normalized spacial score (nSPS) is 10.8. The summed E-state index contributed by atoms with van der Waals surface area (Å²) in [7, 11) is 0. The van der Waals surface area contributed by atoms with Crippen molar-refractivity contribution >= 4 is 43.9 Å². The van der Waals surface area contributed by atoms with Crippen LogP contribution in [0.25, 0.3) is 77.5 Å². The third-order valence-electron chi connectivity index (χ3n) is 7.96. The fourth-order valence-electron chi connectivity index (χ4n) is 5.84. The van der Waals surface area contributed by atoms with Crippen LogP contribution in [0.1, 0.15) is 5.56 Å². The molecule has 0 bridgehead atoms. The molecule has 0 spiro atoms. The van der Waals surface area contributed by atoms with E-state index in [1.165, 1.54) is 0 Å². The molecule has 0 aliphatic carbocycles. The van der Waals surface area contributed by atoms with Gasteiger partial charge in [0.25, 0.3) is 0 Å². The van der Waals surface area contributed by atoms with Crippen molar-refractivity contribution in [1.29, 1.82) is 5.26 Å². The predicted molar refractivity (Wildman–Crippen MR) is 182 cm³/mol. The second kappa shape index (κ2) is 12.9. The van der Waals surface area contributed by atoms with Crippen molar-refractivity contribution in [2.45, 2.75) is 0 Å². The molecule has 1 radical (unpaired) electrons. The molecule has 5 aromatic carbocycles. The first-order valence-corrected chi connectivity index (χ1v) is 14.8. The summed E-state index contributed by atoms with van der Waals surface area (Å²) in [4.78, 5) is 8.70. The molecule has 9 rings (SSSR count). The van der Waals surface area contributed by atoms with E-state index in [0.717, 1.165) is 66.4 Å². The molecule has 0 atom stereocenters. The molecule has 0 fully saturated rings. The molecule has 0 N–H and O–H groups in total. The summed E-state index contributed by atoms with van der Waals surface area (Å²) >= 11 is 0. The minimum atomic E-state index is 0. The minimum absolute atomic E-state index is 0. The van der Waals surface area contributed by atoms with E-state index < -0.39 is 0 Å². The van der Waals surface area contributed by atoms with Crippen LogP contribution in [0.15, 0.2) is 149 Å². The van der Waals surface area contributed by atoms with E-state index >= 15 is 0 Å². The van der Waals surface area contributed by atoms with Gasteiger partial charge < -0.3 is 18.8 Å². The van der Waals surface area contributed by atoms with Crippen LogP contribution in [-0.2, 0) is 20.1 Å². The van der Waals surface area contributed by atoms with Crippen LogP contribution in [0, 0.1) is 23.5 Å². The van der Waals surface area contributed by atoms with Gasteiger partial charge in [-0.05, 0) is 53.3 Å². The molecule has 4 heterocycles. The van der Waals surface area contributed by atoms with Crippen molar-refractivity contribution in [2.24, 2.45) is 0 Å². The Labute approximate surface area is 284 Å². The van der Waals surface area contributed by atoms with Crippen LogP contribution in [0.4, 0.5) is 0 Å². The number of furan rings is 2. The van der Waals surface area contributed by atoms with Gasteiger partial charge in [0.15, 0.2) is 0 Å². The molecule has 5 nitrogen and oxygen atoms in total. The van der Waals surface area contributed by atoms with Crippen LogP contribution in [0.5, 0.6) is 0 Å². The zero-order valence-electron chi connectivity index (χ0n) is 24.8. The Balaban J connectivity index is 0.000000228. The summed E-state index contributed by atoms with van der Waals surface area (Å²) in [6, 6.07) is 49.9. The van der Waals surface area contributed by atoms with Gasteiger partial charge in [-0.2, -0.15) is 5.26 Å². The number of fused-ring (bicyclic) bond motifs is 6. The maximum atomic E-state index is 9.94. The third-order valence-corrected chi connectivity index (χ3v) is 7.96. The molecule has 9 aromatic rings. The van der Waals surface area contributed by atoms with Crippen LogP contribution in [0.2, 0.25) is 0 Å². The van der Waals surface area contributed by atoms with E-state index in [2.05, 4.69) is 34.2 Å². The average molecular weight is 782 g/mol. The van der Waals surface area contributed by atoms with Crippen LogP contribution in [-0.4, -0.2) is 9.97 Å². The summed E-state index contributed by atoms with van der Waals surface area (Å²) in [5.74, 6) is 0. The van der Waals surface area contributed by atoms with Gasteiger partial charge in [-0.3, -0.25) is 0 Å². The van der Waals surface area contributed by atoms with Crippen molar-refractivity contribution in [3.8, 4) is 39.7 Å². The first-order valence-electron chi connectivity index (χ1n) is 14.8. The largest absolute Gasteiger partial charge is 0.500 e. The topological polar surface area (TPSA) is 75.8 Å². The van der Waals surface area contributed by atoms with Crippen molar-refractivity contribution < 1.29 is 28.9 Å². The van der Waals surface area contributed by atoms with E-state index in [9.17, 15) is 5.26 Å². The van der Waals surface area contributed by atoms with Gasteiger partial charge in [0.1, 0.15) is 16.7 Å². The number of para-hydroxylation sites is 1. The minimum Gasteiger partial charge on any atom is -0.500 e. The van der Waals surface area contributed by atoms with E-state index in [-0.39, 0.29) is 20.1 Å². The number of pyridine rings is 2. The molecular weight excluding hydrogens is 759 g/mol. The Hall–Kier alpha value is -5.86. The second-order valence-electron chi connectivity index (χ2n) is 10.7. The monoisotopic (exact) mass is 782 g/mol. The predicted octanol–water partition coefficient (Wildman–Crippen LogP) is 10.4. The quantitative estimate of drug-likeness (QED) is 0.167. The van der Waals surface area contributed by atoms with E-state index in [1.54, 1.807) is 12.4 Å². The maximum Gasteiger partial charge on any atom is 0.136 e. The average Bonchev–Trinajstić information content (AvgIpc) is 3.70. The number of aromatic nitrogens is 2. The third kappa shape index (κ3) is 5.49. The summed E-state index contributed by atoms with van der Waals surface area (Å²) in [5, 5.41) is 14.0. The van der Waals surface area contributed by atoms with Gasteiger partial charge in [0.2, 0.25) is 0 Å². The molecular formula is C41H23IrN3O2-2. The van der Waals surface area contributed by atoms with Gasteiger partial charge >= 0.3 is 0 Å². The Morgan fingerprint density at radius 3 is 2.06 bits per heavy atom. The number of rotatable bonds is 3. The van der Waals surface area contributed by atoms with Gasteiger partial charge in [0, 0.05) is 54.2 Å². The number of hydrogen-bond acceptors (Lipinski definition) is 5. The fourth-order valence-corrected chi connectivity index (χ4v) is 5.84. The van der Waals surface area contributed by atoms with Gasteiger partial charge in [-0.1, -0.05) is 65.5 Å². The van der Waals surface area contributed by atoms with Crippen molar-refractivity contribution in [1.82, 2.24) is 9.97 Å². The number of benzene rings is 5. The van der Waals surface area contributed by atoms with E-state index in [4.69, 9.17) is 8.83 Å². The summed E-state index contributed by atoms with van der Waals surface area (Å²) in [6.07, 6.45) is 3.54. The van der Waals surface area contributed by atoms with E-state index in [1.807, 2.05) is 121 Å². The van der Waals surface area contributed by atoms with E-state index in [0.29, 0.717) is 16.7 Å². The molecule has 0 aliphatic rings. The number of nitriles is 1. The second-order valence-corrected chi connectivity index (χ2v) is 10.7. The summed E-state index contributed by atoms with van der Waals surface area (Å²) in [6.45, 7) is 0. The fraction of sp³-hybridized carbons (Fsp3) is 0. The Morgan fingerprint density at radius 2 is 1.30 bits per heavy atom. The van der Waals surface area contributed by atoms with Crippen LogP contribution >= 0.6 is 0 Å². The van der Waals surface area contributed by atoms with Gasteiger partial charge in [-0.15, -0.1) is 54.1 Å². The molecule has 0 saturated carbocycles.